The molecular formula is C17H15N7O. The Morgan fingerprint density at radius 1 is 1.12 bits per heavy atom. The van der Waals surface area contributed by atoms with Gasteiger partial charge in [0.05, 0.1) is 23.1 Å². The van der Waals surface area contributed by atoms with Gasteiger partial charge in [0, 0.05) is 17.3 Å². The first-order chi connectivity index (χ1) is 12.1. The summed E-state index contributed by atoms with van der Waals surface area (Å²) in [5, 5.41) is 7.18. The predicted molar refractivity (Wildman–Crippen MR) is 92.7 cm³/mol. The monoisotopic (exact) mass is 333 g/mol. The lowest BCUT2D eigenvalue weighted by Gasteiger charge is -2.07. The van der Waals surface area contributed by atoms with Gasteiger partial charge in [0.1, 0.15) is 12.1 Å². The van der Waals surface area contributed by atoms with Crippen LogP contribution >= 0.6 is 0 Å². The molecule has 1 aromatic carbocycles. The molecule has 124 valence electrons. The summed E-state index contributed by atoms with van der Waals surface area (Å²) in [6.45, 7) is 3.86. The van der Waals surface area contributed by atoms with E-state index in [4.69, 9.17) is 0 Å². The minimum atomic E-state index is -0.255. The van der Waals surface area contributed by atoms with Crippen molar-refractivity contribution >= 4 is 22.8 Å². The number of carbonyl (C=O) groups excluding carboxylic acids is 1. The Kier molecular flexibility index (Phi) is 3.50. The summed E-state index contributed by atoms with van der Waals surface area (Å²) in [5.74, 6) is 0.752. The number of carbonyl (C=O) groups is 1. The molecule has 0 atom stereocenters. The number of H-pyrrole nitrogens is 1. The third-order valence-electron chi connectivity index (χ3n) is 3.80. The van der Waals surface area contributed by atoms with E-state index in [1.54, 1.807) is 35.3 Å². The highest BCUT2D eigenvalue weighted by molar-refractivity contribution is 6.05. The number of nitrogens with zero attached hydrogens (tertiary/aromatic N) is 5. The topological polar surface area (TPSA) is 101 Å². The van der Waals surface area contributed by atoms with Crippen LogP contribution in [0.5, 0.6) is 0 Å². The Morgan fingerprint density at radius 3 is 2.80 bits per heavy atom. The van der Waals surface area contributed by atoms with Crippen molar-refractivity contribution < 1.29 is 4.79 Å². The van der Waals surface area contributed by atoms with E-state index in [-0.39, 0.29) is 5.91 Å². The van der Waals surface area contributed by atoms with E-state index < -0.39 is 0 Å². The molecule has 3 aromatic heterocycles. The number of hydrogen-bond donors (Lipinski definition) is 2. The number of amides is 1. The van der Waals surface area contributed by atoms with Gasteiger partial charge in [0.2, 0.25) is 0 Å². The number of rotatable bonds is 3. The molecule has 0 fully saturated rings. The number of nitrogens with one attached hydrogen (secondary N) is 2. The Morgan fingerprint density at radius 2 is 2.00 bits per heavy atom. The maximum absolute atomic E-state index is 12.5. The highest BCUT2D eigenvalue weighted by Gasteiger charge is 2.11. The Labute approximate surface area is 143 Å². The lowest BCUT2D eigenvalue weighted by atomic mass is 10.2. The van der Waals surface area contributed by atoms with Gasteiger partial charge in [-0.25, -0.2) is 19.6 Å². The number of hydrogen-bond acceptors (Lipinski definition) is 5. The smallest absolute Gasteiger partial charge is 0.256 e. The Balaban J connectivity index is 1.61. The van der Waals surface area contributed by atoms with Gasteiger partial charge in [-0.15, -0.1) is 0 Å². The van der Waals surface area contributed by atoms with Crippen molar-refractivity contribution in [1.82, 2.24) is 29.7 Å². The van der Waals surface area contributed by atoms with E-state index in [2.05, 4.69) is 30.4 Å². The molecule has 0 aliphatic rings. The molecule has 2 N–H and O–H groups in total. The van der Waals surface area contributed by atoms with Crippen LogP contribution in [0.1, 0.15) is 21.7 Å². The van der Waals surface area contributed by atoms with Gasteiger partial charge in [0.25, 0.3) is 5.91 Å². The van der Waals surface area contributed by atoms with Gasteiger partial charge in [-0.2, -0.15) is 5.10 Å². The predicted octanol–water partition coefficient (Wildman–Crippen LogP) is 2.41. The number of imidazole rings is 1. The van der Waals surface area contributed by atoms with Crippen LogP contribution in [0.2, 0.25) is 0 Å². The fraction of sp³-hybridized carbons (Fsp3) is 0.118. The second-order valence-electron chi connectivity index (χ2n) is 5.69. The second-order valence-corrected chi connectivity index (χ2v) is 5.69. The van der Waals surface area contributed by atoms with Crippen LogP contribution in [0.3, 0.4) is 0 Å². The summed E-state index contributed by atoms with van der Waals surface area (Å²) in [5.41, 5.74) is 3.99. The molecule has 1 amide bonds. The van der Waals surface area contributed by atoms with Crippen LogP contribution in [0.15, 0.2) is 43.0 Å². The van der Waals surface area contributed by atoms with Gasteiger partial charge < -0.3 is 10.3 Å². The van der Waals surface area contributed by atoms with Gasteiger partial charge in [-0.05, 0) is 38.1 Å². The maximum atomic E-state index is 12.5. The van der Waals surface area contributed by atoms with E-state index in [0.29, 0.717) is 17.2 Å². The molecule has 25 heavy (non-hydrogen) atoms. The Bertz CT molecular complexity index is 1080. The standard InChI is InChI=1S/C17H15N7O/c1-10-5-11(2)24(23-10)16-7-15(20-9-21-16)22-17(25)12-3-4-13-14(6-12)19-8-18-13/h3-9H,1-2H3,(H,18,19)(H,20,21,22,25). The molecule has 0 spiro atoms. The van der Waals surface area contributed by atoms with Gasteiger partial charge in [-0.1, -0.05) is 0 Å². The van der Waals surface area contributed by atoms with Crippen LogP contribution in [-0.2, 0) is 0 Å². The van der Waals surface area contributed by atoms with E-state index in [1.165, 1.54) is 6.33 Å². The summed E-state index contributed by atoms with van der Waals surface area (Å²) >= 11 is 0. The number of aryl methyl sites for hydroxylation is 2. The van der Waals surface area contributed by atoms with E-state index in [1.807, 2.05) is 19.9 Å². The second kappa shape index (κ2) is 5.82. The molecule has 0 radical (unpaired) electrons. The number of anilines is 1. The van der Waals surface area contributed by atoms with Crippen LogP contribution in [-0.4, -0.2) is 35.6 Å². The first-order valence-corrected chi connectivity index (χ1v) is 7.70. The molecule has 4 aromatic rings. The van der Waals surface area contributed by atoms with Crippen molar-refractivity contribution in [2.24, 2.45) is 0 Å². The van der Waals surface area contributed by atoms with Gasteiger partial charge in [-0.3, -0.25) is 4.79 Å². The first-order valence-electron chi connectivity index (χ1n) is 7.70. The average Bonchev–Trinajstić information content (AvgIpc) is 3.20. The minimum Gasteiger partial charge on any atom is -0.345 e. The molecule has 0 bridgehead atoms. The third kappa shape index (κ3) is 2.85. The number of fused-ring (bicyclic) bond motifs is 1. The summed E-state index contributed by atoms with van der Waals surface area (Å²) in [4.78, 5) is 27.9. The molecular weight excluding hydrogens is 318 g/mol. The highest BCUT2D eigenvalue weighted by Crippen LogP contribution is 2.15. The van der Waals surface area contributed by atoms with Gasteiger partial charge >= 0.3 is 0 Å². The normalized spacial score (nSPS) is 11.0. The summed E-state index contributed by atoms with van der Waals surface area (Å²) in [6, 6.07) is 8.91. The average molecular weight is 333 g/mol. The van der Waals surface area contributed by atoms with Crippen molar-refractivity contribution in [1.29, 1.82) is 0 Å². The van der Waals surface area contributed by atoms with Crippen LogP contribution in [0.4, 0.5) is 5.82 Å². The fourth-order valence-corrected chi connectivity index (χ4v) is 2.66. The quantitative estimate of drug-likeness (QED) is 0.599. The van der Waals surface area contributed by atoms with Crippen molar-refractivity contribution in [3.63, 3.8) is 0 Å². The first kappa shape index (κ1) is 15.0. The largest absolute Gasteiger partial charge is 0.345 e. The molecule has 0 aliphatic carbocycles. The van der Waals surface area contributed by atoms with Crippen molar-refractivity contribution in [3.8, 4) is 5.82 Å². The number of aromatic nitrogens is 6. The van der Waals surface area contributed by atoms with Crippen LogP contribution in [0, 0.1) is 13.8 Å². The third-order valence-corrected chi connectivity index (χ3v) is 3.80. The summed E-state index contributed by atoms with van der Waals surface area (Å²) in [7, 11) is 0. The molecule has 4 rings (SSSR count). The van der Waals surface area contributed by atoms with Crippen LogP contribution < -0.4 is 5.32 Å². The van der Waals surface area contributed by atoms with E-state index >= 15 is 0 Å². The van der Waals surface area contributed by atoms with E-state index in [9.17, 15) is 4.79 Å². The van der Waals surface area contributed by atoms with Crippen molar-refractivity contribution in [2.45, 2.75) is 13.8 Å². The van der Waals surface area contributed by atoms with Gasteiger partial charge in [0.15, 0.2) is 5.82 Å². The zero-order valence-corrected chi connectivity index (χ0v) is 13.7. The molecule has 8 nitrogen and oxygen atoms in total. The zero-order chi connectivity index (χ0) is 17.4. The lowest BCUT2D eigenvalue weighted by molar-refractivity contribution is 0.102. The Hall–Kier alpha value is -3.55. The van der Waals surface area contributed by atoms with Crippen molar-refractivity contribution in [3.05, 3.63) is 59.9 Å². The minimum absolute atomic E-state index is 0.255. The highest BCUT2D eigenvalue weighted by atomic mass is 16.1. The fourth-order valence-electron chi connectivity index (χ4n) is 2.66. The summed E-state index contributed by atoms with van der Waals surface area (Å²) in [6.07, 6.45) is 3.00. The molecule has 0 saturated carbocycles. The van der Waals surface area contributed by atoms with E-state index in [0.717, 1.165) is 22.4 Å². The summed E-state index contributed by atoms with van der Waals surface area (Å²) < 4.78 is 1.71. The molecule has 0 aliphatic heterocycles. The maximum Gasteiger partial charge on any atom is 0.256 e. The number of benzene rings is 1. The van der Waals surface area contributed by atoms with Crippen molar-refractivity contribution in [2.75, 3.05) is 5.32 Å². The lowest BCUT2D eigenvalue weighted by Crippen LogP contribution is -2.14. The molecule has 0 saturated heterocycles. The molecule has 8 heteroatoms. The molecule has 3 heterocycles. The zero-order valence-electron chi connectivity index (χ0n) is 13.7. The SMILES string of the molecule is Cc1cc(C)n(-c2cc(NC(=O)c3ccc4nc[nH]c4c3)ncn2)n1. The number of aromatic amines is 1. The molecule has 0 unspecified atom stereocenters. The van der Waals surface area contributed by atoms with Crippen LogP contribution in [0.25, 0.3) is 16.9 Å².